The molecule has 2 amide bonds. The van der Waals surface area contributed by atoms with Crippen molar-refractivity contribution in [3.8, 4) is 0 Å². The molecule has 1 aromatic rings. The third kappa shape index (κ3) is 5.06. The van der Waals surface area contributed by atoms with Crippen LogP contribution < -0.4 is 10.2 Å². The third-order valence-electron chi connectivity index (χ3n) is 5.29. The summed E-state index contributed by atoms with van der Waals surface area (Å²) >= 11 is 3.51. The number of rotatable bonds is 3. The van der Waals surface area contributed by atoms with Crippen LogP contribution in [0.1, 0.15) is 33.6 Å². The van der Waals surface area contributed by atoms with Gasteiger partial charge in [0.05, 0.1) is 30.5 Å². The van der Waals surface area contributed by atoms with Crippen LogP contribution in [0.25, 0.3) is 0 Å². The number of morpholine rings is 1. The molecular formula is C21H30BrN3O3. The monoisotopic (exact) mass is 451 g/mol. The maximum atomic E-state index is 13.0. The molecule has 0 spiro atoms. The van der Waals surface area contributed by atoms with E-state index in [1.165, 1.54) is 0 Å². The van der Waals surface area contributed by atoms with Crippen molar-refractivity contribution >= 4 is 39.1 Å². The number of anilines is 2. The summed E-state index contributed by atoms with van der Waals surface area (Å²) < 4.78 is 6.37. The highest BCUT2D eigenvalue weighted by atomic mass is 79.9. The highest BCUT2D eigenvalue weighted by molar-refractivity contribution is 9.10. The summed E-state index contributed by atoms with van der Waals surface area (Å²) in [5.74, 6) is -0.0861. The van der Waals surface area contributed by atoms with Gasteiger partial charge in [-0.05, 0) is 31.0 Å². The van der Waals surface area contributed by atoms with Crippen molar-refractivity contribution in [2.24, 2.45) is 11.3 Å². The predicted molar refractivity (Wildman–Crippen MR) is 115 cm³/mol. The first-order chi connectivity index (χ1) is 13.3. The van der Waals surface area contributed by atoms with Gasteiger partial charge in [-0.15, -0.1) is 0 Å². The van der Waals surface area contributed by atoms with Crippen LogP contribution in [-0.4, -0.2) is 56.1 Å². The Morgan fingerprint density at radius 2 is 1.89 bits per heavy atom. The highest BCUT2D eigenvalue weighted by Gasteiger charge is 2.33. The van der Waals surface area contributed by atoms with Crippen LogP contribution in [0, 0.1) is 11.3 Å². The van der Waals surface area contributed by atoms with Gasteiger partial charge in [0, 0.05) is 36.1 Å². The fourth-order valence-corrected chi connectivity index (χ4v) is 4.13. The number of carbonyl (C=O) groups is 2. The van der Waals surface area contributed by atoms with Gasteiger partial charge in [-0.1, -0.05) is 36.7 Å². The average molecular weight is 452 g/mol. The molecule has 2 aliphatic rings. The first-order valence-corrected chi connectivity index (χ1v) is 10.8. The minimum Gasteiger partial charge on any atom is -0.378 e. The molecule has 1 atom stereocenters. The fourth-order valence-electron chi connectivity index (χ4n) is 3.77. The SMILES string of the molecule is CC(C)(C)C(=O)N1CCCC(C(=O)Nc2cc(Br)ccc2N2CCOCC2)C1. The number of nitrogens with one attached hydrogen (secondary N) is 1. The largest absolute Gasteiger partial charge is 0.378 e. The number of carbonyl (C=O) groups excluding carboxylic acids is 2. The van der Waals surface area contributed by atoms with Gasteiger partial charge in [0.1, 0.15) is 0 Å². The van der Waals surface area contributed by atoms with Crippen molar-refractivity contribution in [3.05, 3.63) is 22.7 Å². The minimum absolute atomic E-state index is 0.0148. The summed E-state index contributed by atoms with van der Waals surface area (Å²) in [4.78, 5) is 29.7. The third-order valence-corrected chi connectivity index (χ3v) is 5.78. The van der Waals surface area contributed by atoms with E-state index in [4.69, 9.17) is 4.74 Å². The molecule has 3 rings (SSSR count). The van der Waals surface area contributed by atoms with Crippen molar-refractivity contribution < 1.29 is 14.3 Å². The Labute approximate surface area is 175 Å². The number of halogens is 1. The number of hydrogen-bond donors (Lipinski definition) is 1. The van der Waals surface area contributed by atoms with Crippen LogP contribution in [0.15, 0.2) is 22.7 Å². The van der Waals surface area contributed by atoms with Crippen molar-refractivity contribution in [1.29, 1.82) is 0 Å². The van der Waals surface area contributed by atoms with Gasteiger partial charge in [-0.3, -0.25) is 9.59 Å². The van der Waals surface area contributed by atoms with E-state index in [9.17, 15) is 9.59 Å². The van der Waals surface area contributed by atoms with Crippen molar-refractivity contribution in [2.75, 3.05) is 49.6 Å². The van der Waals surface area contributed by atoms with E-state index in [0.717, 1.165) is 48.3 Å². The summed E-state index contributed by atoms with van der Waals surface area (Å²) in [7, 11) is 0. The second-order valence-electron chi connectivity index (χ2n) is 8.59. The van der Waals surface area contributed by atoms with Crippen molar-refractivity contribution in [3.63, 3.8) is 0 Å². The molecule has 6 nitrogen and oxygen atoms in total. The van der Waals surface area contributed by atoms with Gasteiger partial charge < -0.3 is 19.9 Å². The molecule has 2 aliphatic heterocycles. The summed E-state index contributed by atoms with van der Waals surface area (Å²) in [6, 6.07) is 5.97. The van der Waals surface area contributed by atoms with E-state index in [0.29, 0.717) is 19.8 Å². The van der Waals surface area contributed by atoms with Crippen LogP contribution in [-0.2, 0) is 14.3 Å². The van der Waals surface area contributed by atoms with E-state index in [-0.39, 0.29) is 17.7 Å². The fraction of sp³-hybridized carbons (Fsp3) is 0.619. The maximum Gasteiger partial charge on any atom is 0.229 e. The first-order valence-electron chi connectivity index (χ1n) is 9.98. The lowest BCUT2D eigenvalue weighted by Gasteiger charge is -2.36. The zero-order valence-corrected chi connectivity index (χ0v) is 18.5. The molecule has 0 saturated carbocycles. The number of hydrogen-bond acceptors (Lipinski definition) is 4. The first kappa shape index (κ1) is 21.1. The van der Waals surface area contributed by atoms with E-state index in [2.05, 4.69) is 26.1 Å². The molecular weight excluding hydrogens is 422 g/mol. The van der Waals surface area contributed by atoms with Crippen molar-refractivity contribution in [2.45, 2.75) is 33.6 Å². The Bertz CT molecular complexity index is 726. The normalized spacial score (nSPS) is 20.8. The summed E-state index contributed by atoms with van der Waals surface area (Å²) in [6.07, 6.45) is 1.66. The summed E-state index contributed by atoms with van der Waals surface area (Å²) in [5, 5.41) is 3.13. The van der Waals surface area contributed by atoms with Crippen LogP contribution >= 0.6 is 15.9 Å². The Morgan fingerprint density at radius 3 is 2.57 bits per heavy atom. The van der Waals surface area contributed by atoms with Gasteiger partial charge >= 0.3 is 0 Å². The van der Waals surface area contributed by atoms with Crippen LogP contribution in [0.4, 0.5) is 11.4 Å². The van der Waals surface area contributed by atoms with Gasteiger partial charge in [0.2, 0.25) is 11.8 Å². The van der Waals surface area contributed by atoms with Crippen LogP contribution in [0.5, 0.6) is 0 Å². The Morgan fingerprint density at radius 1 is 1.18 bits per heavy atom. The number of benzene rings is 1. The zero-order chi connectivity index (χ0) is 20.3. The summed E-state index contributed by atoms with van der Waals surface area (Å²) in [6.45, 7) is 9.99. The molecule has 1 unspecified atom stereocenters. The lowest BCUT2D eigenvalue weighted by atomic mass is 9.91. The standard InChI is InChI=1S/C21H30BrN3O3/c1-21(2,3)20(27)25-8-4-5-15(14-25)19(26)23-17-13-16(22)6-7-18(17)24-9-11-28-12-10-24/h6-7,13,15H,4-5,8-12,14H2,1-3H3,(H,23,26). The summed E-state index contributed by atoms with van der Waals surface area (Å²) in [5.41, 5.74) is 1.39. The number of nitrogens with zero attached hydrogens (tertiary/aromatic N) is 2. The minimum atomic E-state index is -0.424. The number of likely N-dealkylation sites (tertiary alicyclic amines) is 1. The molecule has 2 saturated heterocycles. The molecule has 1 aromatic carbocycles. The molecule has 2 heterocycles. The van der Waals surface area contributed by atoms with E-state index in [1.54, 1.807) is 0 Å². The second kappa shape index (κ2) is 8.82. The second-order valence-corrected chi connectivity index (χ2v) is 9.51. The van der Waals surface area contributed by atoms with Crippen LogP contribution in [0.3, 0.4) is 0 Å². The molecule has 154 valence electrons. The van der Waals surface area contributed by atoms with Crippen molar-refractivity contribution in [1.82, 2.24) is 4.90 Å². The zero-order valence-electron chi connectivity index (χ0n) is 17.0. The van der Waals surface area contributed by atoms with Gasteiger partial charge in [-0.2, -0.15) is 0 Å². The molecule has 7 heteroatoms. The molecule has 0 radical (unpaired) electrons. The van der Waals surface area contributed by atoms with Gasteiger partial charge in [0.15, 0.2) is 0 Å². The van der Waals surface area contributed by atoms with Crippen LogP contribution in [0.2, 0.25) is 0 Å². The van der Waals surface area contributed by atoms with E-state index < -0.39 is 5.41 Å². The number of amides is 2. The topological polar surface area (TPSA) is 61.9 Å². The number of ether oxygens (including phenoxy) is 1. The van der Waals surface area contributed by atoms with E-state index >= 15 is 0 Å². The lowest BCUT2D eigenvalue weighted by Crippen LogP contribution is -2.47. The Kier molecular flexibility index (Phi) is 6.65. The van der Waals surface area contributed by atoms with E-state index in [1.807, 2.05) is 43.9 Å². The highest BCUT2D eigenvalue weighted by Crippen LogP contribution is 2.31. The Balaban J connectivity index is 1.72. The quantitative estimate of drug-likeness (QED) is 0.763. The lowest BCUT2D eigenvalue weighted by molar-refractivity contribution is -0.142. The van der Waals surface area contributed by atoms with Gasteiger partial charge in [-0.25, -0.2) is 0 Å². The molecule has 0 bridgehead atoms. The molecule has 0 aliphatic carbocycles. The molecule has 2 fully saturated rings. The number of piperidine rings is 1. The maximum absolute atomic E-state index is 13.0. The smallest absolute Gasteiger partial charge is 0.229 e. The molecule has 1 N–H and O–H groups in total. The average Bonchev–Trinajstić information content (AvgIpc) is 2.67. The Hall–Kier alpha value is -1.60. The van der Waals surface area contributed by atoms with Gasteiger partial charge in [0.25, 0.3) is 0 Å². The molecule has 0 aromatic heterocycles. The molecule has 28 heavy (non-hydrogen) atoms. The predicted octanol–water partition coefficient (Wildman–Crippen LogP) is 3.51.